The molecule has 0 aromatic carbocycles. The van der Waals surface area contributed by atoms with Gasteiger partial charge in [-0.25, -0.2) is 0 Å². The van der Waals surface area contributed by atoms with Crippen molar-refractivity contribution < 1.29 is 4.74 Å². The molecule has 20 heavy (non-hydrogen) atoms. The molecule has 2 fully saturated rings. The Hall–Kier alpha value is -0.0800. The zero-order valence-corrected chi connectivity index (χ0v) is 13.9. The highest BCUT2D eigenvalue weighted by Crippen LogP contribution is 2.36. The molecular weight excluding hydrogens is 246 g/mol. The van der Waals surface area contributed by atoms with Crippen LogP contribution in [-0.2, 0) is 4.74 Å². The number of ether oxygens (including phenoxy) is 1. The smallest absolute Gasteiger partial charge is 0.0608 e. The molecule has 2 aliphatic heterocycles. The minimum Gasteiger partial charge on any atom is -0.375 e. The van der Waals surface area contributed by atoms with Gasteiger partial charge in [-0.15, -0.1) is 0 Å². The molecule has 0 aromatic rings. The molecule has 2 rings (SSSR count). The number of fused-ring (bicyclic) bond motifs is 2. The Morgan fingerprint density at radius 2 is 1.55 bits per heavy atom. The predicted molar refractivity (Wildman–Crippen MR) is 86.1 cm³/mol. The number of piperidine rings is 1. The maximum absolute atomic E-state index is 6.54. The van der Waals surface area contributed by atoms with Gasteiger partial charge in [-0.1, -0.05) is 46.0 Å². The number of rotatable bonds is 9. The van der Waals surface area contributed by atoms with Crippen LogP contribution in [0.4, 0.5) is 0 Å². The Morgan fingerprint density at radius 3 is 2.15 bits per heavy atom. The van der Waals surface area contributed by atoms with Gasteiger partial charge in [0, 0.05) is 12.1 Å². The number of unbranched alkanes of at least 4 members (excludes halogenated alkanes) is 3. The fourth-order valence-electron chi connectivity index (χ4n) is 4.08. The highest BCUT2D eigenvalue weighted by molar-refractivity contribution is 4.94. The molecule has 2 saturated heterocycles. The summed E-state index contributed by atoms with van der Waals surface area (Å²) in [7, 11) is 2.31. The molecule has 2 heteroatoms. The normalized spacial score (nSPS) is 31.6. The molecular formula is C18H35NO. The van der Waals surface area contributed by atoms with E-state index >= 15 is 0 Å². The molecule has 0 N–H and O–H groups in total. The molecule has 2 aliphatic rings. The van der Waals surface area contributed by atoms with Gasteiger partial charge < -0.3 is 9.64 Å². The molecule has 118 valence electrons. The molecule has 0 radical (unpaired) electrons. The van der Waals surface area contributed by atoms with Crippen molar-refractivity contribution in [1.82, 2.24) is 4.90 Å². The van der Waals surface area contributed by atoms with E-state index in [1.807, 2.05) is 0 Å². The molecule has 0 aliphatic carbocycles. The van der Waals surface area contributed by atoms with Gasteiger partial charge in [0.15, 0.2) is 0 Å². The van der Waals surface area contributed by atoms with Crippen LogP contribution in [0.5, 0.6) is 0 Å². The Kier molecular flexibility index (Phi) is 6.83. The van der Waals surface area contributed by atoms with Crippen LogP contribution in [0.15, 0.2) is 0 Å². The standard InChI is InChI=1S/C18H35NO/c1-4-6-8-10-17(9-7-5-2)20-18-13-15-11-12-16(14-18)19(15)3/h15-18H,4-14H2,1-3H3. The summed E-state index contributed by atoms with van der Waals surface area (Å²) in [4.78, 5) is 2.61. The van der Waals surface area contributed by atoms with E-state index in [1.54, 1.807) is 0 Å². The van der Waals surface area contributed by atoms with Crippen LogP contribution in [-0.4, -0.2) is 36.2 Å². The monoisotopic (exact) mass is 281 g/mol. The van der Waals surface area contributed by atoms with E-state index < -0.39 is 0 Å². The second-order valence-corrected chi connectivity index (χ2v) is 7.04. The van der Waals surface area contributed by atoms with Gasteiger partial charge in [0.25, 0.3) is 0 Å². The number of hydrogen-bond donors (Lipinski definition) is 0. The molecule has 2 heterocycles. The van der Waals surface area contributed by atoms with E-state index in [0.29, 0.717) is 12.2 Å². The lowest BCUT2D eigenvalue weighted by atomic mass is 9.99. The van der Waals surface area contributed by atoms with E-state index in [0.717, 1.165) is 12.1 Å². The van der Waals surface area contributed by atoms with E-state index in [4.69, 9.17) is 4.74 Å². The Morgan fingerprint density at radius 1 is 0.950 bits per heavy atom. The number of hydrogen-bond acceptors (Lipinski definition) is 2. The van der Waals surface area contributed by atoms with Crippen LogP contribution in [0.25, 0.3) is 0 Å². The van der Waals surface area contributed by atoms with Crippen molar-refractivity contribution in [3.63, 3.8) is 0 Å². The second-order valence-electron chi connectivity index (χ2n) is 7.04. The molecule has 0 amide bonds. The van der Waals surface area contributed by atoms with Crippen LogP contribution in [0.3, 0.4) is 0 Å². The highest BCUT2D eigenvalue weighted by Gasteiger charge is 2.39. The second kappa shape index (κ2) is 8.38. The number of nitrogens with zero attached hydrogens (tertiary/aromatic N) is 1. The minimum atomic E-state index is 0.536. The summed E-state index contributed by atoms with van der Waals surface area (Å²) in [6.07, 6.45) is 15.7. The Labute approximate surface area is 126 Å². The van der Waals surface area contributed by atoms with Gasteiger partial charge in [-0.3, -0.25) is 0 Å². The average molecular weight is 281 g/mol. The molecule has 0 aromatic heterocycles. The van der Waals surface area contributed by atoms with Gasteiger partial charge >= 0.3 is 0 Å². The zero-order chi connectivity index (χ0) is 14.4. The van der Waals surface area contributed by atoms with Crippen molar-refractivity contribution in [2.45, 2.75) is 109 Å². The molecule has 0 spiro atoms. The van der Waals surface area contributed by atoms with Crippen LogP contribution in [0.2, 0.25) is 0 Å². The Bertz CT molecular complexity index is 254. The summed E-state index contributed by atoms with van der Waals surface area (Å²) in [5, 5.41) is 0. The van der Waals surface area contributed by atoms with E-state index in [1.165, 1.54) is 70.6 Å². The first-order valence-electron chi connectivity index (χ1n) is 9.12. The summed E-state index contributed by atoms with van der Waals surface area (Å²) in [6, 6.07) is 1.61. The van der Waals surface area contributed by atoms with Crippen molar-refractivity contribution in [2.75, 3.05) is 7.05 Å². The quantitative estimate of drug-likeness (QED) is 0.565. The third kappa shape index (κ3) is 4.46. The summed E-state index contributed by atoms with van der Waals surface area (Å²) in [6.45, 7) is 4.58. The largest absolute Gasteiger partial charge is 0.375 e. The van der Waals surface area contributed by atoms with Crippen molar-refractivity contribution in [3.05, 3.63) is 0 Å². The third-order valence-electron chi connectivity index (χ3n) is 5.45. The van der Waals surface area contributed by atoms with Crippen molar-refractivity contribution >= 4 is 0 Å². The highest BCUT2D eigenvalue weighted by atomic mass is 16.5. The molecule has 3 unspecified atom stereocenters. The van der Waals surface area contributed by atoms with Crippen LogP contribution >= 0.6 is 0 Å². The van der Waals surface area contributed by atoms with Crippen LogP contribution < -0.4 is 0 Å². The first-order chi connectivity index (χ1) is 9.74. The third-order valence-corrected chi connectivity index (χ3v) is 5.45. The van der Waals surface area contributed by atoms with Crippen molar-refractivity contribution in [2.24, 2.45) is 0 Å². The van der Waals surface area contributed by atoms with Crippen LogP contribution in [0.1, 0.15) is 84.5 Å². The summed E-state index contributed by atoms with van der Waals surface area (Å²) in [5.41, 5.74) is 0. The Balaban J connectivity index is 1.77. The summed E-state index contributed by atoms with van der Waals surface area (Å²) in [5.74, 6) is 0. The lowest BCUT2D eigenvalue weighted by Gasteiger charge is -2.37. The lowest BCUT2D eigenvalue weighted by molar-refractivity contribution is -0.0629. The van der Waals surface area contributed by atoms with Crippen LogP contribution in [0, 0.1) is 0 Å². The lowest BCUT2D eigenvalue weighted by Crippen LogP contribution is -2.43. The van der Waals surface area contributed by atoms with Gasteiger partial charge in [0.05, 0.1) is 12.2 Å². The molecule has 0 saturated carbocycles. The van der Waals surface area contributed by atoms with Gasteiger partial charge in [0.1, 0.15) is 0 Å². The maximum Gasteiger partial charge on any atom is 0.0608 e. The molecule has 2 bridgehead atoms. The summed E-state index contributed by atoms with van der Waals surface area (Å²) < 4.78 is 6.54. The van der Waals surface area contributed by atoms with E-state index in [2.05, 4.69) is 25.8 Å². The topological polar surface area (TPSA) is 12.5 Å². The maximum atomic E-state index is 6.54. The molecule has 2 nitrogen and oxygen atoms in total. The van der Waals surface area contributed by atoms with Crippen molar-refractivity contribution in [1.29, 1.82) is 0 Å². The SMILES string of the molecule is CCCCCC(CCCC)OC1CC2CCC(C1)N2C. The average Bonchev–Trinajstić information content (AvgIpc) is 2.66. The van der Waals surface area contributed by atoms with Gasteiger partial charge in [-0.2, -0.15) is 0 Å². The fourth-order valence-corrected chi connectivity index (χ4v) is 4.08. The van der Waals surface area contributed by atoms with Crippen molar-refractivity contribution in [3.8, 4) is 0 Å². The van der Waals surface area contributed by atoms with E-state index in [-0.39, 0.29) is 0 Å². The van der Waals surface area contributed by atoms with Gasteiger partial charge in [0.2, 0.25) is 0 Å². The first-order valence-corrected chi connectivity index (χ1v) is 9.12. The van der Waals surface area contributed by atoms with Gasteiger partial charge in [-0.05, 0) is 45.6 Å². The zero-order valence-electron chi connectivity index (χ0n) is 13.9. The first kappa shape index (κ1) is 16.3. The fraction of sp³-hybridized carbons (Fsp3) is 1.00. The minimum absolute atomic E-state index is 0.536. The summed E-state index contributed by atoms with van der Waals surface area (Å²) >= 11 is 0. The molecule has 3 atom stereocenters. The van der Waals surface area contributed by atoms with E-state index in [9.17, 15) is 0 Å². The predicted octanol–water partition coefficient (Wildman–Crippen LogP) is 4.77.